The van der Waals surface area contributed by atoms with Crippen LogP contribution in [-0.4, -0.2) is 9.97 Å². The minimum atomic E-state index is -0.0331. The van der Waals surface area contributed by atoms with Gasteiger partial charge in [-0.3, -0.25) is 21.2 Å². The van der Waals surface area contributed by atoms with Crippen molar-refractivity contribution in [2.24, 2.45) is 5.84 Å². The Bertz CT molecular complexity index is 516. The van der Waals surface area contributed by atoms with E-state index in [4.69, 9.17) is 5.84 Å². The molecule has 0 amide bonds. The van der Waals surface area contributed by atoms with Gasteiger partial charge in [-0.05, 0) is 62.0 Å². The monoisotopic (exact) mass is 370 g/mol. The van der Waals surface area contributed by atoms with Gasteiger partial charge < -0.3 is 0 Å². The molecule has 0 aromatic carbocycles. The van der Waals surface area contributed by atoms with E-state index in [1.54, 1.807) is 12.4 Å². The Hall–Kier alpha value is -0.820. The van der Waals surface area contributed by atoms with E-state index in [1.807, 2.05) is 24.4 Å². The number of pyridine rings is 2. The number of rotatable bonds is 4. The number of nitrogens with one attached hydrogen (secondary N) is 1. The summed E-state index contributed by atoms with van der Waals surface area (Å²) in [6.45, 7) is 0. The molecular formula is C12H12Br2N4. The highest BCUT2D eigenvalue weighted by Gasteiger charge is 2.12. The topological polar surface area (TPSA) is 63.8 Å². The van der Waals surface area contributed by atoms with Crippen LogP contribution in [0.25, 0.3) is 0 Å². The highest BCUT2D eigenvalue weighted by molar-refractivity contribution is 9.10. The van der Waals surface area contributed by atoms with Gasteiger partial charge >= 0.3 is 0 Å². The molecule has 3 N–H and O–H groups in total. The first-order valence-electron chi connectivity index (χ1n) is 5.36. The Morgan fingerprint density at radius 3 is 2.61 bits per heavy atom. The highest BCUT2D eigenvalue weighted by atomic mass is 79.9. The molecule has 0 spiro atoms. The molecule has 18 heavy (non-hydrogen) atoms. The van der Waals surface area contributed by atoms with Gasteiger partial charge in [-0.2, -0.15) is 0 Å². The van der Waals surface area contributed by atoms with Crippen molar-refractivity contribution in [1.82, 2.24) is 15.4 Å². The average molecular weight is 372 g/mol. The number of hydrogen-bond donors (Lipinski definition) is 2. The van der Waals surface area contributed by atoms with Crippen LogP contribution < -0.4 is 11.3 Å². The molecule has 4 nitrogen and oxygen atoms in total. The molecule has 2 aromatic heterocycles. The van der Waals surface area contributed by atoms with Crippen LogP contribution in [0.5, 0.6) is 0 Å². The molecule has 0 saturated carbocycles. The van der Waals surface area contributed by atoms with Gasteiger partial charge in [-0.1, -0.05) is 0 Å². The van der Waals surface area contributed by atoms with Gasteiger partial charge in [0.05, 0.1) is 11.7 Å². The number of nitrogens with zero attached hydrogens (tertiary/aromatic N) is 2. The second kappa shape index (κ2) is 6.38. The zero-order chi connectivity index (χ0) is 13.0. The summed E-state index contributed by atoms with van der Waals surface area (Å²) in [5.41, 5.74) is 4.78. The fourth-order valence-electron chi connectivity index (χ4n) is 1.65. The van der Waals surface area contributed by atoms with Crippen LogP contribution in [0.15, 0.2) is 45.7 Å². The van der Waals surface area contributed by atoms with Crippen molar-refractivity contribution in [1.29, 1.82) is 0 Å². The molecule has 0 aliphatic carbocycles. The predicted molar refractivity (Wildman–Crippen MR) is 77.6 cm³/mol. The third kappa shape index (κ3) is 3.58. The normalized spacial score (nSPS) is 12.4. The van der Waals surface area contributed by atoms with Gasteiger partial charge in [0.2, 0.25) is 0 Å². The van der Waals surface area contributed by atoms with E-state index >= 15 is 0 Å². The minimum Gasteiger partial charge on any atom is -0.271 e. The third-order valence-corrected chi connectivity index (χ3v) is 3.41. The van der Waals surface area contributed by atoms with Crippen molar-refractivity contribution in [3.05, 3.63) is 57.0 Å². The Labute approximate surface area is 122 Å². The van der Waals surface area contributed by atoms with Crippen LogP contribution in [0.2, 0.25) is 0 Å². The number of aromatic nitrogens is 2. The van der Waals surface area contributed by atoms with Crippen LogP contribution >= 0.6 is 31.9 Å². The third-order valence-electron chi connectivity index (χ3n) is 2.51. The molecule has 6 heteroatoms. The van der Waals surface area contributed by atoms with E-state index in [1.165, 1.54) is 0 Å². The predicted octanol–water partition coefficient (Wildman–Crippen LogP) is 2.75. The fourth-order valence-corrected chi connectivity index (χ4v) is 2.29. The zero-order valence-corrected chi connectivity index (χ0v) is 12.6. The second-order valence-corrected chi connectivity index (χ2v) is 5.67. The Balaban J connectivity index is 2.17. The van der Waals surface area contributed by atoms with E-state index < -0.39 is 0 Å². The van der Waals surface area contributed by atoms with Gasteiger partial charge in [-0.25, -0.2) is 0 Å². The molecule has 0 saturated heterocycles. The number of halogens is 2. The maximum atomic E-state index is 5.59. The molecule has 2 heterocycles. The van der Waals surface area contributed by atoms with E-state index in [-0.39, 0.29) is 6.04 Å². The van der Waals surface area contributed by atoms with E-state index in [0.717, 1.165) is 26.6 Å². The van der Waals surface area contributed by atoms with Crippen LogP contribution in [0.3, 0.4) is 0 Å². The highest BCUT2D eigenvalue weighted by Crippen LogP contribution is 2.19. The first-order chi connectivity index (χ1) is 8.69. The summed E-state index contributed by atoms with van der Waals surface area (Å²) in [5, 5.41) is 0. The lowest BCUT2D eigenvalue weighted by Gasteiger charge is -2.15. The summed E-state index contributed by atoms with van der Waals surface area (Å²) >= 11 is 6.77. The number of hydrogen-bond acceptors (Lipinski definition) is 4. The van der Waals surface area contributed by atoms with Gasteiger partial charge in [0.15, 0.2) is 0 Å². The van der Waals surface area contributed by atoms with Crippen LogP contribution in [-0.2, 0) is 6.42 Å². The van der Waals surface area contributed by atoms with Crippen molar-refractivity contribution in [3.63, 3.8) is 0 Å². The molecule has 0 aliphatic heterocycles. The van der Waals surface area contributed by atoms with E-state index in [0.29, 0.717) is 0 Å². The molecule has 0 aliphatic rings. The summed E-state index contributed by atoms with van der Waals surface area (Å²) in [4.78, 5) is 8.48. The standard InChI is InChI=1S/C12H12Br2N4/c13-9-1-2-11(17-7-9)12(18-15)4-8-3-10(14)6-16-5-8/h1-3,5-7,12,18H,4,15H2. The summed E-state index contributed by atoms with van der Waals surface area (Å²) in [7, 11) is 0. The van der Waals surface area contributed by atoms with Crippen molar-refractivity contribution < 1.29 is 0 Å². The maximum Gasteiger partial charge on any atom is 0.0672 e. The van der Waals surface area contributed by atoms with Gasteiger partial charge in [-0.15, -0.1) is 0 Å². The summed E-state index contributed by atoms with van der Waals surface area (Å²) < 4.78 is 1.91. The van der Waals surface area contributed by atoms with Crippen molar-refractivity contribution in [3.8, 4) is 0 Å². The van der Waals surface area contributed by atoms with Crippen molar-refractivity contribution >= 4 is 31.9 Å². The molecule has 0 radical (unpaired) electrons. The van der Waals surface area contributed by atoms with Gasteiger partial charge in [0, 0.05) is 27.5 Å². The Kier molecular flexibility index (Phi) is 4.82. The molecule has 2 aromatic rings. The molecule has 0 fully saturated rings. The summed E-state index contributed by atoms with van der Waals surface area (Å²) in [6.07, 6.45) is 6.08. The first kappa shape index (κ1) is 13.6. The molecule has 0 bridgehead atoms. The van der Waals surface area contributed by atoms with Crippen molar-refractivity contribution in [2.45, 2.75) is 12.5 Å². The van der Waals surface area contributed by atoms with Crippen LogP contribution in [0.1, 0.15) is 17.3 Å². The average Bonchev–Trinajstić information content (AvgIpc) is 2.37. The largest absolute Gasteiger partial charge is 0.271 e. The lowest BCUT2D eigenvalue weighted by molar-refractivity contribution is 0.537. The molecular weight excluding hydrogens is 360 g/mol. The van der Waals surface area contributed by atoms with Crippen molar-refractivity contribution in [2.75, 3.05) is 0 Å². The Morgan fingerprint density at radius 2 is 2.00 bits per heavy atom. The van der Waals surface area contributed by atoms with Crippen LogP contribution in [0, 0.1) is 0 Å². The summed E-state index contributed by atoms with van der Waals surface area (Å²) in [6, 6.07) is 5.89. The Morgan fingerprint density at radius 1 is 1.17 bits per heavy atom. The second-order valence-electron chi connectivity index (χ2n) is 3.84. The molecule has 2 rings (SSSR count). The van der Waals surface area contributed by atoms with Gasteiger partial charge in [0.25, 0.3) is 0 Å². The zero-order valence-electron chi connectivity index (χ0n) is 9.48. The molecule has 1 atom stereocenters. The summed E-state index contributed by atoms with van der Waals surface area (Å²) in [5.74, 6) is 5.59. The lowest BCUT2D eigenvalue weighted by atomic mass is 10.1. The molecule has 1 unspecified atom stereocenters. The van der Waals surface area contributed by atoms with Gasteiger partial charge in [0.1, 0.15) is 0 Å². The number of hydrazine groups is 1. The fraction of sp³-hybridized carbons (Fsp3) is 0.167. The minimum absolute atomic E-state index is 0.0331. The number of nitrogens with two attached hydrogens (primary N) is 1. The van der Waals surface area contributed by atoms with E-state index in [9.17, 15) is 0 Å². The SMILES string of the molecule is NNC(Cc1cncc(Br)c1)c1ccc(Br)cn1. The quantitative estimate of drug-likeness (QED) is 0.640. The van der Waals surface area contributed by atoms with Crippen LogP contribution in [0.4, 0.5) is 0 Å². The smallest absolute Gasteiger partial charge is 0.0672 e. The van der Waals surface area contributed by atoms with E-state index in [2.05, 4.69) is 47.3 Å². The molecule has 94 valence electrons. The first-order valence-corrected chi connectivity index (χ1v) is 6.94. The lowest BCUT2D eigenvalue weighted by Crippen LogP contribution is -2.30. The maximum absolute atomic E-state index is 5.59.